The van der Waals surface area contributed by atoms with E-state index >= 15 is 0 Å². The number of amides is 1. The molecule has 1 fully saturated rings. The fraction of sp³-hybridized carbons (Fsp3) is 0.688. The Balaban J connectivity index is 1.58. The van der Waals surface area contributed by atoms with Crippen LogP contribution < -0.4 is 5.32 Å². The van der Waals surface area contributed by atoms with Gasteiger partial charge in [-0.25, -0.2) is 0 Å². The van der Waals surface area contributed by atoms with E-state index in [-0.39, 0.29) is 0 Å². The molecular weight excluding hydrogens is 268 g/mol. The lowest BCUT2D eigenvalue weighted by Gasteiger charge is -2.22. The van der Waals surface area contributed by atoms with Crippen LogP contribution in [0.2, 0.25) is 0 Å². The van der Waals surface area contributed by atoms with Crippen LogP contribution in [0.4, 0.5) is 0 Å². The molecule has 3 rings (SSSR count). The maximum absolute atomic E-state index is 12.6. The number of likely N-dealkylation sites (tertiary alicyclic amines) is 1. The van der Waals surface area contributed by atoms with Crippen molar-refractivity contribution in [2.45, 2.75) is 43.8 Å². The zero-order chi connectivity index (χ0) is 13.8. The predicted octanol–water partition coefficient (Wildman–Crippen LogP) is 2.70. The highest BCUT2D eigenvalue weighted by Gasteiger charge is 2.28. The maximum Gasteiger partial charge on any atom is 0.250 e. The van der Waals surface area contributed by atoms with E-state index in [1.54, 1.807) is 0 Å². The van der Waals surface area contributed by atoms with Crippen LogP contribution in [0.5, 0.6) is 0 Å². The molecule has 0 saturated carbocycles. The molecule has 0 aliphatic carbocycles. The molecule has 1 unspecified atom stereocenters. The molecule has 3 heterocycles. The van der Waals surface area contributed by atoms with Gasteiger partial charge >= 0.3 is 0 Å². The Hall–Kier alpha value is -0.740. The third-order valence-corrected chi connectivity index (χ3v) is 5.68. The molecule has 1 atom stereocenters. The van der Waals surface area contributed by atoms with E-state index in [1.807, 2.05) is 11.8 Å². The van der Waals surface area contributed by atoms with Crippen LogP contribution in [0, 0.1) is 0 Å². The molecule has 1 N–H and O–H groups in total. The molecule has 0 aromatic rings. The summed E-state index contributed by atoms with van der Waals surface area (Å²) in [6, 6.07) is 0. The number of nitrogens with zero attached hydrogens (tertiary/aromatic N) is 1. The van der Waals surface area contributed by atoms with Crippen LogP contribution in [-0.2, 0) is 4.79 Å². The highest BCUT2D eigenvalue weighted by molar-refractivity contribution is 8.03. The Morgan fingerprint density at radius 2 is 2.05 bits per heavy atom. The molecular formula is C16H24N2OS. The Bertz CT molecular complexity index is 422. The molecule has 110 valence electrons. The number of hydrogen-bond donors (Lipinski definition) is 1. The second-order valence-corrected chi connectivity index (χ2v) is 6.99. The summed E-state index contributed by atoms with van der Waals surface area (Å²) in [4.78, 5) is 14.7. The number of thioether (sulfide) groups is 1. The third kappa shape index (κ3) is 3.29. The van der Waals surface area contributed by atoms with Crippen molar-refractivity contribution in [3.63, 3.8) is 0 Å². The molecule has 4 heteroatoms. The summed E-state index contributed by atoms with van der Waals surface area (Å²) in [5.74, 6) is 0.302. The van der Waals surface area contributed by atoms with Crippen LogP contribution in [0.15, 0.2) is 22.6 Å². The van der Waals surface area contributed by atoms with Gasteiger partial charge in [0.05, 0.1) is 0 Å². The van der Waals surface area contributed by atoms with Gasteiger partial charge in [0.1, 0.15) is 0 Å². The van der Waals surface area contributed by atoms with E-state index in [4.69, 9.17) is 0 Å². The van der Waals surface area contributed by atoms with E-state index in [9.17, 15) is 4.79 Å². The van der Waals surface area contributed by atoms with Crippen molar-refractivity contribution in [2.75, 3.05) is 26.2 Å². The van der Waals surface area contributed by atoms with Crippen LogP contribution >= 0.6 is 11.8 Å². The summed E-state index contributed by atoms with van der Waals surface area (Å²) in [5.41, 5.74) is 2.57. The van der Waals surface area contributed by atoms with Gasteiger partial charge in [0.15, 0.2) is 0 Å². The average molecular weight is 292 g/mol. The Kier molecular flexibility index (Phi) is 4.84. The first-order valence-electron chi connectivity index (χ1n) is 7.88. The van der Waals surface area contributed by atoms with Crippen molar-refractivity contribution >= 4 is 17.7 Å². The van der Waals surface area contributed by atoms with E-state index in [2.05, 4.69) is 21.7 Å². The lowest BCUT2D eigenvalue weighted by molar-refractivity contribution is -0.127. The largest absolute Gasteiger partial charge is 0.339 e. The van der Waals surface area contributed by atoms with Gasteiger partial charge in [-0.1, -0.05) is 24.5 Å². The van der Waals surface area contributed by atoms with Crippen molar-refractivity contribution < 1.29 is 4.79 Å². The summed E-state index contributed by atoms with van der Waals surface area (Å²) in [6.45, 7) is 3.98. The van der Waals surface area contributed by atoms with Gasteiger partial charge in [-0.15, -0.1) is 11.8 Å². The number of rotatable bonds is 2. The number of carbonyl (C=O) groups excluding carboxylic acids is 1. The molecule has 3 nitrogen and oxygen atoms in total. The zero-order valence-electron chi connectivity index (χ0n) is 12.1. The van der Waals surface area contributed by atoms with Crippen molar-refractivity contribution in [1.82, 2.24) is 10.2 Å². The highest BCUT2D eigenvalue weighted by Crippen LogP contribution is 2.37. The van der Waals surface area contributed by atoms with Crippen molar-refractivity contribution in [3.05, 3.63) is 22.6 Å². The molecule has 1 amide bonds. The van der Waals surface area contributed by atoms with E-state index in [0.29, 0.717) is 11.2 Å². The van der Waals surface area contributed by atoms with E-state index < -0.39 is 0 Å². The Morgan fingerprint density at radius 1 is 1.25 bits per heavy atom. The second-order valence-electron chi connectivity index (χ2n) is 5.91. The first kappa shape index (κ1) is 14.2. The fourth-order valence-corrected chi connectivity index (χ4v) is 4.42. The molecule has 0 bridgehead atoms. The normalized spacial score (nSPS) is 27.8. The Labute approximate surface area is 125 Å². The molecule has 0 aromatic carbocycles. The fourth-order valence-electron chi connectivity index (χ4n) is 3.23. The van der Waals surface area contributed by atoms with E-state index in [0.717, 1.165) is 44.6 Å². The minimum atomic E-state index is 0.302. The summed E-state index contributed by atoms with van der Waals surface area (Å²) < 4.78 is 0. The van der Waals surface area contributed by atoms with Gasteiger partial charge in [-0.2, -0.15) is 0 Å². The van der Waals surface area contributed by atoms with Crippen molar-refractivity contribution in [2.24, 2.45) is 0 Å². The van der Waals surface area contributed by atoms with Gasteiger partial charge in [0.2, 0.25) is 5.91 Å². The quantitative estimate of drug-likeness (QED) is 0.794. The predicted molar refractivity (Wildman–Crippen MR) is 84.7 cm³/mol. The van der Waals surface area contributed by atoms with Gasteiger partial charge in [-0.3, -0.25) is 4.79 Å². The molecule has 3 aliphatic heterocycles. The van der Waals surface area contributed by atoms with Gasteiger partial charge in [0, 0.05) is 30.5 Å². The molecule has 1 saturated heterocycles. The molecule has 20 heavy (non-hydrogen) atoms. The molecule has 0 spiro atoms. The topological polar surface area (TPSA) is 32.3 Å². The average Bonchev–Trinajstić information content (AvgIpc) is 2.83. The monoisotopic (exact) mass is 292 g/mol. The van der Waals surface area contributed by atoms with Crippen LogP contribution in [0.1, 0.15) is 38.5 Å². The third-order valence-electron chi connectivity index (χ3n) is 4.46. The van der Waals surface area contributed by atoms with Gasteiger partial charge in [-0.05, 0) is 37.6 Å². The summed E-state index contributed by atoms with van der Waals surface area (Å²) >= 11 is 1.85. The van der Waals surface area contributed by atoms with E-state index in [1.165, 1.54) is 31.3 Å². The Morgan fingerprint density at radius 3 is 2.75 bits per heavy atom. The second kappa shape index (κ2) is 6.81. The van der Waals surface area contributed by atoms with Gasteiger partial charge < -0.3 is 10.2 Å². The lowest BCUT2D eigenvalue weighted by atomic mass is 10.00. The lowest BCUT2D eigenvalue weighted by Crippen LogP contribution is -2.33. The smallest absolute Gasteiger partial charge is 0.250 e. The van der Waals surface area contributed by atoms with Gasteiger partial charge in [0.25, 0.3) is 0 Å². The summed E-state index contributed by atoms with van der Waals surface area (Å²) in [7, 11) is 0. The maximum atomic E-state index is 12.6. The number of nitrogens with one attached hydrogen (secondary N) is 1. The molecule has 3 aliphatic rings. The van der Waals surface area contributed by atoms with Crippen molar-refractivity contribution in [3.8, 4) is 0 Å². The SMILES string of the molecule is O=C(C1=CSC(C2=CCNCC2)C1)N1CCCCCC1. The summed E-state index contributed by atoms with van der Waals surface area (Å²) in [6.07, 6.45) is 9.29. The first-order valence-corrected chi connectivity index (χ1v) is 8.82. The van der Waals surface area contributed by atoms with Crippen LogP contribution in [0.25, 0.3) is 0 Å². The zero-order valence-corrected chi connectivity index (χ0v) is 12.9. The molecule has 0 aromatic heterocycles. The van der Waals surface area contributed by atoms with Crippen LogP contribution in [-0.4, -0.2) is 42.2 Å². The van der Waals surface area contributed by atoms with Crippen molar-refractivity contribution in [1.29, 1.82) is 0 Å². The minimum absolute atomic E-state index is 0.302. The summed E-state index contributed by atoms with van der Waals surface area (Å²) in [5, 5.41) is 6.00. The minimum Gasteiger partial charge on any atom is -0.339 e. The van der Waals surface area contributed by atoms with Crippen LogP contribution in [0.3, 0.4) is 0 Å². The molecule has 0 radical (unpaired) electrons. The standard InChI is InChI=1S/C16H24N2OS/c19-16(18-9-3-1-2-4-10-18)14-11-15(20-12-14)13-5-7-17-8-6-13/h5,12,15,17H,1-4,6-11H2. The highest BCUT2D eigenvalue weighted by atomic mass is 32.2. The number of hydrogen-bond acceptors (Lipinski definition) is 3. The number of carbonyl (C=O) groups is 1. The first-order chi connectivity index (χ1) is 9.84.